The number of halogens is 2. The summed E-state index contributed by atoms with van der Waals surface area (Å²) in [6.45, 7) is 0. The molecule has 0 aliphatic heterocycles. The van der Waals surface area contributed by atoms with Crippen LogP contribution in [-0.4, -0.2) is 10.1 Å². The molecule has 10 heteroatoms. The van der Waals surface area contributed by atoms with E-state index in [0.29, 0.717) is 17.1 Å². The van der Waals surface area contributed by atoms with Gasteiger partial charge in [0.15, 0.2) is 5.69 Å². The van der Waals surface area contributed by atoms with Crippen LogP contribution in [0.4, 0.5) is 37.3 Å². The van der Waals surface area contributed by atoms with Gasteiger partial charge in [-0.2, -0.15) is 0 Å². The molecule has 0 aliphatic carbocycles. The number of H-pyrrole nitrogens is 1. The van der Waals surface area contributed by atoms with E-state index in [4.69, 9.17) is 5.73 Å². The number of aromatic nitrogens is 1. The number of benzene rings is 2. The van der Waals surface area contributed by atoms with Crippen molar-refractivity contribution in [3.63, 3.8) is 0 Å². The Labute approximate surface area is 163 Å². The van der Waals surface area contributed by atoms with E-state index in [2.05, 4.69) is 38.1 Å². The lowest BCUT2D eigenvalue weighted by Gasteiger charge is -2.14. The van der Waals surface area contributed by atoms with Crippen LogP contribution in [-0.2, 0) is 0 Å². The second-order valence-electron chi connectivity index (χ2n) is 5.57. The van der Waals surface area contributed by atoms with Crippen LogP contribution in [0.3, 0.4) is 0 Å². The van der Waals surface area contributed by atoms with Gasteiger partial charge in [-0.25, -0.2) is 8.78 Å². The van der Waals surface area contributed by atoms with E-state index in [0.717, 1.165) is 0 Å². The second-order valence-corrected chi connectivity index (χ2v) is 5.99. The van der Waals surface area contributed by atoms with Crippen molar-refractivity contribution < 1.29 is 8.78 Å². The maximum Gasteiger partial charge on any atom is 0.277 e. The third-order valence-corrected chi connectivity index (χ3v) is 3.60. The van der Waals surface area contributed by atoms with Crippen LogP contribution >= 0.6 is 12.2 Å². The van der Waals surface area contributed by atoms with Crippen molar-refractivity contribution in [3.05, 3.63) is 76.6 Å². The van der Waals surface area contributed by atoms with E-state index in [1.165, 1.54) is 54.6 Å². The Kier molecular flexibility index (Phi) is 5.70. The number of azo groups is 1. The van der Waals surface area contributed by atoms with E-state index in [-0.39, 0.29) is 22.4 Å². The highest BCUT2D eigenvalue weighted by molar-refractivity contribution is 7.80. The highest BCUT2D eigenvalue weighted by atomic mass is 32.1. The van der Waals surface area contributed by atoms with Crippen molar-refractivity contribution in [2.45, 2.75) is 0 Å². The van der Waals surface area contributed by atoms with E-state index in [1.807, 2.05) is 0 Å². The van der Waals surface area contributed by atoms with Crippen LogP contribution in [0, 0.1) is 11.6 Å². The third-order valence-electron chi connectivity index (χ3n) is 3.51. The van der Waals surface area contributed by atoms with Crippen molar-refractivity contribution in [2.24, 2.45) is 16.0 Å². The number of hydrogen-bond donors (Lipinski definition) is 4. The van der Waals surface area contributed by atoms with Crippen molar-refractivity contribution in [3.8, 4) is 0 Å². The molecule has 1 heterocycles. The van der Waals surface area contributed by atoms with Gasteiger partial charge in [-0.15, -0.1) is 10.2 Å². The zero-order valence-electron chi connectivity index (χ0n) is 14.2. The number of hydrogen-bond acceptors (Lipinski definition) is 5. The minimum atomic E-state index is -0.547. The molecule has 2 aromatic carbocycles. The van der Waals surface area contributed by atoms with Gasteiger partial charge >= 0.3 is 0 Å². The molecule has 0 saturated carbocycles. The largest absolute Gasteiger partial charge is 0.373 e. The van der Waals surface area contributed by atoms with E-state index < -0.39 is 11.4 Å². The third kappa shape index (κ3) is 4.95. The Bertz CT molecular complexity index is 1080. The van der Waals surface area contributed by atoms with Gasteiger partial charge < -0.3 is 21.4 Å². The number of pyridine rings is 1. The molecular weight excluding hydrogens is 386 g/mol. The minimum absolute atomic E-state index is 0.0398. The molecule has 0 bridgehead atoms. The van der Waals surface area contributed by atoms with Gasteiger partial charge in [0, 0.05) is 11.4 Å². The molecule has 0 radical (unpaired) electrons. The first kappa shape index (κ1) is 19.1. The molecule has 0 unspecified atom stereocenters. The molecule has 0 fully saturated rings. The van der Waals surface area contributed by atoms with Crippen LogP contribution in [0.5, 0.6) is 0 Å². The Balaban J connectivity index is 2.01. The van der Waals surface area contributed by atoms with Crippen molar-refractivity contribution in [1.82, 2.24) is 4.98 Å². The summed E-state index contributed by atoms with van der Waals surface area (Å²) in [5, 5.41) is 13.0. The smallest absolute Gasteiger partial charge is 0.277 e. The molecular formula is C18H14F2N6OS. The van der Waals surface area contributed by atoms with Crippen molar-refractivity contribution in [1.29, 1.82) is 0 Å². The normalized spacial score (nSPS) is 10.8. The number of nitrogens with two attached hydrogens (primary N) is 1. The summed E-state index contributed by atoms with van der Waals surface area (Å²) < 4.78 is 26.3. The first-order valence-electron chi connectivity index (χ1n) is 7.94. The standard InChI is InChI=1S/C18H14F2N6OS/c19-10-1-5-12(6-2-10)22-14-9-15(25-26-18(21)28)17(27)24-16(14)23-13-7-3-11(20)4-8-13/h1-9,22H,(H2,21,28)(H2,23,24,27). The quantitative estimate of drug-likeness (QED) is 0.373. The number of thiocarbonyl (C=S) groups is 1. The summed E-state index contributed by atoms with van der Waals surface area (Å²) in [5.74, 6) is -0.491. The minimum Gasteiger partial charge on any atom is -0.373 e. The van der Waals surface area contributed by atoms with Gasteiger partial charge in [0.05, 0.1) is 5.69 Å². The zero-order valence-corrected chi connectivity index (χ0v) is 15.1. The average molecular weight is 400 g/mol. The maximum absolute atomic E-state index is 13.1. The van der Waals surface area contributed by atoms with E-state index in [1.54, 1.807) is 0 Å². The fraction of sp³-hybridized carbons (Fsp3) is 0. The van der Waals surface area contributed by atoms with Crippen LogP contribution in [0.25, 0.3) is 0 Å². The first-order chi connectivity index (χ1) is 13.4. The molecule has 0 aliphatic rings. The van der Waals surface area contributed by atoms with Crippen molar-refractivity contribution in [2.75, 3.05) is 10.6 Å². The molecule has 1 aromatic heterocycles. The van der Waals surface area contributed by atoms with Crippen LogP contribution in [0.2, 0.25) is 0 Å². The van der Waals surface area contributed by atoms with Gasteiger partial charge in [0.25, 0.3) is 5.56 Å². The van der Waals surface area contributed by atoms with Gasteiger partial charge in [0.1, 0.15) is 17.5 Å². The molecule has 0 spiro atoms. The fourth-order valence-corrected chi connectivity index (χ4v) is 2.30. The Morgan fingerprint density at radius 3 is 2.04 bits per heavy atom. The predicted octanol–water partition coefficient (Wildman–Crippen LogP) is 4.47. The van der Waals surface area contributed by atoms with Gasteiger partial charge in [0.2, 0.25) is 5.11 Å². The number of nitrogens with one attached hydrogen (secondary N) is 3. The zero-order chi connectivity index (χ0) is 20.1. The lowest BCUT2D eigenvalue weighted by atomic mass is 10.2. The molecule has 0 amide bonds. The summed E-state index contributed by atoms with van der Waals surface area (Å²) >= 11 is 4.62. The maximum atomic E-state index is 13.1. The highest BCUT2D eigenvalue weighted by Gasteiger charge is 2.10. The molecule has 3 rings (SSSR count). The number of rotatable bonds is 5. The number of anilines is 4. The summed E-state index contributed by atoms with van der Waals surface area (Å²) in [6, 6.07) is 12.6. The topological polar surface area (TPSA) is 108 Å². The first-order valence-corrected chi connectivity index (χ1v) is 8.35. The lowest BCUT2D eigenvalue weighted by molar-refractivity contribution is 0.627. The summed E-state index contributed by atoms with van der Waals surface area (Å²) in [4.78, 5) is 14.9. The van der Waals surface area contributed by atoms with Gasteiger partial charge in [-0.1, -0.05) is 0 Å². The second kappa shape index (κ2) is 8.35. The Hall–Kier alpha value is -3.66. The molecule has 3 aromatic rings. The monoisotopic (exact) mass is 400 g/mol. The predicted molar refractivity (Wildman–Crippen MR) is 108 cm³/mol. The molecule has 0 atom stereocenters. The van der Waals surface area contributed by atoms with Crippen LogP contribution in [0.15, 0.2) is 69.6 Å². The molecule has 142 valence electrons. The van der Waals surface area contributed by atoms with E-state index in [9.17, 15) is 13.6 Å². The molecule has 7 nitrogen and oxygen atoms in total. The summed E-state index contributed by atoms with van der Waals surface area (Å²) in [6.07, 6.45) is 0. The van der Waals surface area contributed by atoms with E-state index >= 15 is 0 Å². The SMILES string of the molecule is NC(=S)N=Nc1cc(Nc2ccc(F)cc2)c(Nc2ccc(F)cc2)[nH]c1=O. The van der Waals surface area contributed by atoms with Gasteiger partial charge in [-0.05, 0) is 66.8 Å². The Morgan fingerprint density at radius 1 is 0.964 bits per heavy atom. The number of aromatic amines is 1. The Morgan fingerprint density at radius 2 is 1.50 bits per heavy atom. The fourth-order valence-electron chi connectivity index (χ4n) is 2.26. The van der Waals surface area contributed by atoms with Gasteiger partial charge in [-0.3, -0.25) is 4.79 Å². The lowest BCUT2D eigenvalue weighted by Crippen LogP contribution is -2.11. The summed E-state index contributed by atoms with van der Waals surface area (Å²) in [7, 11) is 0. The average Bonchev–Trinajstić information content (AvgIpc) is 2.66. The van der Waals surface area contributed by atoms with Crippen molar-refractivity contribution >= 4 is 45.9 Å². The van der Waals surface area contributed by atoms with Crippen LogP contribution < -0.4 is 21.9 Å². The number of nitrogens with zero attached hydrogens (tertiary/aromatic N) is 2. The summed E-state index contributed by atoms with van der Waals surface area (Å²) in [5.41, 5.74) is 6.20. The van der Waals surface area contributed by atoms with Crippen LogP contribution in [0.1, 0.15) is 0 Å². The molecule has 0 saturated heterocycles. The molecule has 28 heavy (non-hydrogen) atoms. The highest BCUT2D eigenvalue weighted by Crippen LogP contribution is 2.28. The molecule has 5 N–H and O–H groups in total.